The maximum Gasteiger partial charge on any atom is 0.225 e. The first kappa shape index (κ1) is 18.7. The summed E-state index contributed by atoms with van der Waals surface area (Å²) in [6, 6.07) is 15.0. The number of carbonyl (C=O) groups is 2. The van der Waals surface area contributed by atoms with Gasteiger partial charge in [-0.15, -0.1) is 0 Å². The van der Waals surface area contributed by atoms with Gasteiger partial charge in [0.25, 0.3) is 0 Å². The lowest BCUT2D eigenvalue weighted by Gasteiger charge is -2.16. The van der Waals surface area contributed by atoms with E-state index in [2.05, 4.69) is 5.32 Å². The Bertz CT molecular complexity index is 793. The summed E-state index contributed by atoms with van der Waals surface area (Å²) in [7, 11) is 0. The molecular weight excluding hydrogens is 371 g/mol. The predicted molar refractivity (Wildman–Crippen MR) is 103 cm³/mol. The number of amides is 2. The smallest absolute Gasteiger partial charge is 0.225 e. The molecule has 1 atom stereocenters. The van der Waals surface area contributed by atoms with Gasteiger partial charge in [-0.3, -0.25) is 9.59 Å². The lowest BCUT2D eigenvalue weighted by molar-refractivity contribution is -0.129. The summed E-state index contributed by atoms with van der Waals surface area (Å²) in [6.45, 7) is 1.48. The Labute approximate surface area is 163 Å². The Morgan fingerprint density at radius 2 is 1.85 bits per heavy atom. The minimum atomic E-state index is -0.297. The number of nitrogens with zero attached hydrogens (tertiary/aromatic N) is 1. The number of hydrogen-bond donors (Lipinski definition) is 1. The molecule has 0 aliphatic carbocycles. The Morgan fingerprint density at radius 3 is 2.58 bits per heavy atom. The van der Waals surface area contributed by atoms with Gasteiger partial charge in [-0.1, -0.05) is 47.5 Å². The van der Waals surface area contributed by atoms with Crippen LogP contribution in [0, 0.1) is 5.92 Å². The van der Waals surface area contributed by atoms with Crippen LogP contribution < -0.4 is 5.32 Å². The molecule has 0 spiro atoms. The van der Waals surface area contributed by atoms with Crippen LogP contribution in [0.4, 0.5) is 0 Å². The van der Waals surface area contributed by atoms with Crippen LogP contribution in [0.3, 0.4) is 0 Å². The maximum absolute atomic E-state index is 12.4. The molecule has 136 valence electrons. The molecule has 0 saturated carbocycles. The maximum atomic E-state index is 12.4. The molecule has 1 aliphatic heterocycles. The Balaban J connectivity index is 1.48. The van der Waals surface area contributed by atoms with Gasteiger partial charge in [-0.25, -0.2) is 0 Å². The van der Waals surface area contributed by atoms with E-state index in [1.807, 2.05) is 36.4 Å². The molecule has 1 N–H and O–H groups in total. The van der Waals surface area contributed by atoms with Gasteiger partial charge < -0.3 is 10.2 Å². The normalized spacial score (nSPS) is 16.8. The van der Waals surface area contributed by atoms with Crippen molar-refractivity contribution < 1.29 is 9.59 Å². The SMILES string of the molecule is O=C(NCCc1cccc(Cl)c1)C1CC(=O)N(Cc2ccc(Cl)cc2)C1. The van der Waals surface area contributed by atoms with Crippen LogP contribution in [0.5, 0.6) is 0 Å². The number of nitrogens with one attached hydrogen (secondary N) is 1. The van der Waals surface area contributed by atoms with Gasteiger partial charge in [-0.2, -0.15) is 0 Å². The van der Waals surface area contributed by atoms with Gasteiger partial charge >= 0.3 is 0 Å². The number of rotatable bonds is 6. The first-order chi connectivity index (χ1) is 12.5. The first-order valence-corrected chi connectivity index (χ1v) is 9.31. The Morgan fingerprint density at radius 1 is 1.08 bits per heavy atom. The second kappa shape index (κ2) is 8.56. The highest BCUT2D eigenvalue weighted by Gasteiger charge is 2.33. The minimum Gasteiger partial charge on any atom is -0.355 e. The highest BCUT2D eigenvalue weighted by Crippen LogP contribution is 2.21. The molecule has 26 heavy (non-hydrogen) atoms. The molecule has 1 fully saturated rings. The van der Waals surface area contributed by atoms with E-state index in [4.69, 9.17) is 23.2 Å². The third-order valence-electron chi connectivity index (χ3n) is 4.47. The summed E-state index contributed by atoms with van der Waals surface area (Å²) in [6.07, 6.45) is 0.970. The van der Waals surface area contributed by atoms with E-state index < -0.39 is 0 Å². The van der Waals surface area contributed by atoms with E-state index in [-0.39, 0.29) is 24.2 Å². The van der Waals surface area contributed by atoms with Crippen molar-refractivity contribution in [2.24, 2.45) is 5.92 Å². The third kappa shape index (κ3) is 4.99. The Kier molecular flexibility index (Phi) is 6.17. The van der Waals surface area contributed by atoms with Crippen LogP contribution in [-0.2, 0) is 22.6 Å². The summed E-state index contributed by atoms with van der Waals surface area (Å²) < 4.78 is 0. The van der Waals surface area contributed by atoms with Crippen molar-refractivity contribution in [2.45, 2.75) is 19.4 Å². The van der Waals surface area contributed by atoms with Gasteiger partial charge in [0.15, 0.2) is 0 Å². The van der Waals surface area contributed by atoms with Crippen molar-refractivity contribution in [2.75, 3.05) is 13.1 Å². The zero-order valence-corrected chi connectivity index (χ0v) is 15.8. The van der Waals surface area contributed by atoms with Crippen LogP contribution in [-0.4, -0.2) is 29.8 Å². The van der Waals surface area contributed by atoms with Crippen molar-refractivity contribution in [3.63, 3.8) is 0 Å². The Hall–Kier alpha value is -2.04. The van der Waals surface area contributed by atoms with E-state index in [1.165, 1.54) is 0 Å². The third-order valence-corrected chi connectivity index (χ3v) is 4.96. The van der Waals surface area contributed by atoms with Crippen molar-refractivity contribution >= 4 is 35.0 Å². The number of halogens is 2. The van der Waals surface area contributed by atoms with Gasteiger partial charge in [0, 0.05) is 36.1 Å². The van der Waals surface area contributed by atoms with Gasteiger partial charge in [0.1, 0.15) is 0 Å². The monoisotopic (exact) mass is 390 g/mol. The molecule has 0 aromatic heterocycles. The molecule has 6 heteroatoms. The average Bonchev–Trinajstić information content (AvgIpc) is 2.98. The molecule has 3 rings (SSSR count). The van der Waals surface area contributed by atoms with Crippen LogP contribution in [0.25, 0.3) is 0 Å². The average molecular weight is 391 g/mol. The summed E-state index contributed by atoms with van der Waals surface area (Å²) in [4.78, 5) is 26.3. The fraction of sp³-hybridized carbons (Fsp3) is 0.300. The number of likely N-dealkylation sites (tertiary alicyclic amines) is 1. The minimum absolute atomic E-state index is 0.00920. The molecule has 4 nitrogen and oxygen atoms in total. The molecular formula is C20H20Cl2N2O2. The summed E-state index contributed by atoms with van der Waals surface area (Å²) in [5, 5.41) is 4.28. The van der Waals surface area contributed by atoms with Gasteiger partial charge in [0.05, 0.1) is 5.92 Å². The van der Waals surface area contributed by atoms with E-state index in [1.54, 1.807) is 17.0 Å². The molecule has 1 unspecified atom stereocenters. The number of benzene rings is 2. The summed E-state index contributed by atoms with van der Waals surface area (Å²) >= 11 is 11.8. The van der Waals surface area contributed by atoms with Gasteiger partial charge in [-0.05, 0) is 41.8 Å². The molecule has 2 amide bonds. The van der Waals surface area contributed by atoms with Crippen LogP contribution >= 0.6 is 23.2 Å². The molecule has 1 saturated heterocycles. The zero-order valence-electron chi connectivity index (χ0n) is 14.3. The zero-order chi connectivity index (χ0) is 18.5. The second-order valence-corrected chi connectivity index (χ2v) is 7.35. The van der Waals surface area contributed by atoms with Crippen LogP contribution in [0.2, 0.25) is 10.0 Å². The number of carbonyl (C=O) groups excluding carboxylic acids is 2. The van der Waals surface area contributed by atoms with E-state index in [0.717, 1.165) is 11.1 Å². The second-order valence-electron chi connectivity index (χ2n) is 6.47. The quantitative estimate of drug-likeness (QED) is 0.817. The topological polar surface area (TPSA) is 49.4 Å². The largest absolute Gasteiger partial charge is 0.355 e. The molecule has 0 bridgehead atoms. The summed E-state index contributed by atoms with van der Waals surface area (Å²) in [5.41, 5.74) is 2.08. The van der Waals surface area contributed by atoms with Crippen LogP contribution in [0.15, 0.2) is 48.5 Å². The standard InChI is InChI=1S/C20H20Cl2N2O2/c21-17-6-4-15(5-7-17)12-24-13-16(11-19(24)25)20(26)23-9-8-14-2-1-3-18(22)10-14/h1-7,10,16H,8-9,11-13H2,(H,23,26). The lowest BCUT2D eigenvalue weighted by Crippen LogP contribution is -2.34. The molecule has 1 heterocycles. The fourth-order valence-electron chi connectivity index (χ4n) is 3.08. The van der Waals surface area contributed by atoms with Crippen molar-refractivity contribution in [1.82, 2.24) is 10.2 Å². The lowest BCUT2D eigenvalue weighted by atomic mass is 10.1. The van der Waals surface area contributed by atoms with E-state index >= 15 is 0 Å². The van der Waals surface area contributed by atoms with Crippen molar-refractivity contribution in [3.05, 3.63) is 69.7 Å². The van der Waals surface area contributed by atoms with Crippen LogP contribution in [0.1, 0.15) is 17.5 Å². The summed E-state index contributed by atoms with van der Waals surface area (Å²) in [5.74, 6) is -0.358. The highest BCUT2D eigenvalue weighted by molar-refractivity contribution is 6.30. The van der Waals surface area contributed by atoms with Crippen molar-refractivity contribution in [1.29, 1.82) is 0 Å². The molecule has 2 aromatic carbocycles. The highest BCUT2D eigenvalue weighted by atomic mass is 35.5. The number of hydrogen-bond acceptors (Lipinski definition) is 2. The fourth-order valence-corrected chi connectivity index (χ4v) is 3.42. The first-order valence-electron chi connectivity index (χ1n) is 8.55. The van der Waals surface area contributed by atoms with E-state index in [0.29, 0.717) is 36.1 Å². The molecule has 1 aliphatic rings. The van der Waals surface area contributed by atoms with Gasteiger partial charge in [0.2, 0.25) is 11.8 Å². The molecule has 0 radical (unpaired) electrons. The van der Waals surface area contributed by atoms with E-state index in [9.17, 15) is 9.59 Å². The predicted octanol–water partition coefficient (Wildman–Crippen LogP) is 3.70. The molecule has 2 aromatic rings. The van der Waals surface area contributed by atoms with Crippen molar-refractivity contribution in [3.8, 4) is 0 Å².